The summed E-state index contributed by atoms with van der Waals surface area (Å²) >= 11 is 3.42. The monoisotopic (exact) mass is 315 g/mol. The molecule has 0 heterocycles. The standard InChI is InChI=1S/C12H18BrN3O2/c1-8(7-18-3)16(2)9-4-5-10(11(13)6-9)12(14)15-17/h4-6,8,17H,7H2,1-3H3,(H2,14,15). The van der Waals surface area contributed by atoms with Gasteiger partial charge in [0.1, 0.15) is 0 Å². The Bertz CT molecular complexity index is 437. The normalized spacial score (nSPS) is 13.4. The van der Waals surface area contributed by atoms with Crippen molar-refractivity contribution in [1.82, 2.24) is 0 Å². The van der Waals surface area contributed by atoms with Gasteiger partial charge in [0.15, 0.2) is 5.84 Å². The molecule has 0 aliphatic carbocycles. The number of hydrogen-bond donors (Lipinski definition) is 2. The molecule has 1 atom stereocenters. The Morgan fingerprint density at radius 3 is 2.78 bits per heavy atom. The average Bonchev–Trinajstić information content (AvgIpc) is 2.37. The quantitative estimate of drug-likeness (QED) is 0.377. The summed E-state index contributed by atoms with van der Waals surface area (Å²) in [6.07, 6.45) is 0. The number of ether oxygens (including phenoxy) is 1. The molecule has 0 radical (unpaired) electrons. The summed E-state index contributed by atoms with van der Waals surface area (Å²) in [5.74, 6) is 0.0843. The largest absolute Gasteiger partial charge is 0.409 e. The Labute approximate surface area is 115 Å². The predicted octanol–water partition coefficient (Wildman–Crippen LogP) is 2.01. The molecule has 0 spiro atoms. The van der Waals surface area contributed by atoms with Gasteiger partial charge in [0.2, 0.25) is 0 Å². The highest BCUT2D eigenvalue weighted by atomic mass is 79.9. The molecule has 0 fully saturated rings. The summed E-state index contributed by atoms with van der Waals surface area (Å²) in [6, 6.07) is 5.92. The number of likely N-dealkylation sites (N-methyl/N-ethyl adjacent to an activating group) is 1. The first-order valence-electron chi connectivity index (χ1n) is 5.50. The summed E-state index contributed by atoms with van der Waals surface area (Å²) in [4.78, 5) is 2.10. The molecular formula is C12H18BrN3O2. The van der Waals surface area contributed by atoms with E-state index in [2.05, 4.69) is 32.9 Å². The lowest BCUT2D eigenvalue weighted by Crippen LogP contribution is -2.32. The second kappa shape index (κ2) is 6.61. The van der Waals surface area contributed by atoms with Gasteiger partial charge in [-0.1, -0.05) is 5.16 Å². The van der Waals surface area contributed by atoms with Gasteiger partial charge < -0.3 is 20.6 Å². The summed E-state index contributed by atoms with van der Waals surface area (Å²) in [6.45, 7) is 2.73. The van der Waals surface area contributed by atoms with E-state index in [1.54, 1.807) is 7.11 Å². The van der Waals surface area contributed by atoms with Crippen molar-refractivity contribution in [3.8, 4) is 0 Å². The maximum atomic E-state index is 8.66. The van der Waals surface area contributed by atoms with Crippen molar-refractivity contribution in [2.24, 2.45) is 10.9 Å². The van der Waals surface area contributed by atoms with E-state index in [1.165, 1.54) is 0 Å². The van der Waals surface area contributed by atoms with Gasteiger partial charge in [-0.25, -0.2) is 0 Å². The van der Waals surface area contributed by atoms with E-state index in [0.717, 1.165) is 10.2 Å². The molecule has 0 saturated carbocycles. The van der Waals surface area contributed by atoms with E-state index in [9.17, 15) is 0 Å². The van der Waals surface area contributed by atoms with Crippen LogP contribution in [0.15, 0.2) is 27.8 Å². The second-order valence-electron chi connectivity index (χ2n) is 4.06. The third-order valence-corrected chi connectivity index (χ3v) is 3.47. The fourth-order valence-electron chi connectivity index (χ4n) is 1.59. The fraction of sp³-hybridized carbons (Fsp3) is 0.417. The summed E-state index contributed by atoms with van der Waals surface area (Å²) in [5.41, 5.74) is 7.25. The lowest BCUT2D eigenvalue weighted by Gasteiger charge is -2.26. The first-order valence-corrected chi connectivity index (χ1v) is 6.29. The third kappa shape index (κ3) is 3.36. The number of benzene rings is 1. The molecule has 0 bridgehead atoms. The number of methoxy groups -OCH3 is 1. The van der Waals surface area contributed by atoms with Crippen molar-refractivity contribution in [2.45, 2.75) is 13.0 Å². The van der Waals surface area contributed by atoms with E-state index >= 15 is 0 Å². The first-order chi connectivity index (χ1) is 8.51. The van der Waals surface area contributed by atoms with E-state index in [1.807, 2.05) is 25.2 Å². The molecule has 6 heteroatoms. The molecule has 18 heavy (non-hydrogen) atoms. The van der Waals surface area contributed by atoms with Crippen LogP contribution in [0, 0.1) is 0 Å². The Morgan fingerprint density at radius 2 is 2.28 bits per heavy atom. The van der Waals surface area contributed by atoms with Gasteiger partial charge in [0.05, 0.1) is 6.61 Å². The molecular weight excluding hydrogens is 298 g/mol. The van der Waals surface area contributed by atoms with Crippen molar-refractivity contribution in [2.75, 3.05) is 25.7 Å². The van der Waals surface area contributed by atoms with Gasteiger partial charge in [-0.2, -0.15) is 0 Å². The Hall–Kier alpha value is -1.27. The number of nitrogens with two attached hydrogens (primary N) is 1. The summed E-state index contributed by atoms with van der Waals surface area (Å²) < 4.78 is 5.91. The molecule has 3 N–H and O–H groups in total. The van der Waals surface area contributed by atoms with Gasteiger partial charge in [-0.05, 0) is 41.1 Å². The molecule has 1 aromatic rings. The van der Waals surface area contributed by atoms with Crippen LogP contribution < -0.4 is 10.6 Å². The number of halogens is 1. The zero-order valence-corrected chi connectivity index (χ0v) is 12.3. The van der Waals surface area contributed by atoms with Gasteiger partial charge in [-0.3, -0.25) is 0 Å². The molecule has 100 valence electrons. The van der Waals surface area contributed by atoms with Gasteiger partial charge in [0, 0.05) is 35.9 Å². The maximum Gasteiger partial charge on any atom is 0.171 e. The van der Waals surface area contributed by atoms with Gasteiger partial charge >= 0.3 is 0 Å². The van der Waals surface area contributed by atoms with Crippen LogP contribution >= 0.6 is 15.9 Å². The van der Waals surface area contributed by atoms with Crippen molar-refractivity contribution in [3.63, 3.8) is 0 Å². The van der Waals surface area contributed by atoms with E-state index in [0.29, 0.717) is 12.2 Å². The van der Waals surface area contributed by atoms with Gasteiger partial charge in [-0.15, -0.1) is 0 Å². The second-order valence-corrected chi connectivity index (χ2v) is 4.92. The van der Waals surface area contributed by atoms with Crippen LogP contribution in [0.4, 0.5) is 5.69 Å². The van der Waals surface area contributed by atoms with Crippen LogP contribution in [0.25, 0.3) is 0 Å². The highest BCUT2D eigenvalue weighted by Crippen LogP contribution is 2.24. The van der Waals surface area contributed by atoms with Crippen molar-refractivity contribution >= 4 is 27.5 Å². The van der Waals surface area contributed by atoms with Crippen LogP contribution in [-0.2, 0) is 4.74 Å². The molecule has 1 aromatic carbocycles. The molecule has 1 rings (SSSR count). The number of oxime groups is 1. The molecule has 0 saturated heterocycles. The fourth-order valence-corrected chi connectivity index (χ4v) is 2.16. The zero-order chi connectivity index (χ0) is 13.7. The van der Waals surface area contributed by atoms with Crippen LogP contribution in [0.1, 0.15) is 12.5 Å². The average molecular weight is 316 g/mol. The minimum Gasteiger partial charge on any atom is -0.409 e. The van der Waals surface area contributed by atoms with Crippen LogP contribution in [0.5, 0.6) is 0 Å². The molecule has 0 aliphatic heterocycles. The predicted molar refractivity (Wildman–Crippen MR) is 76.4 cm³/mol. The summed E-state index contributed by atoms with van der Waals surface area (Å²) in [5, 5.41) is 11.7. The molecule has 1 unspecified atom stereocenters. The van der Waals surface area contributed by atoms with Gasteiger partial charge in [0.25, 0.3) is 0 Å². The van der Waals surface area contributed by atoms with Crippen LogP contribution in [-0.4, -0.2) is 37.8 Å². The van der Waals surface area contributed by atoms with E-state index < -0.39 is 0 Å². The molecule has 0 amide bonds. The molecule has 5 nitrogen and oxygen atoms in total. The maximum absolute atomic E-state index is 8.66. The zero-order valence-electron chi connectivity index (χ0n) is 10.7. The minimum absolute atomic E-state index is 0.0843. The smallest absolute Gasteiger partial charge is 0.171 e. The molecule has 0 aromatic heterocycles. The van der Waals surface area contributed by atoms with Crippen molar-refractivity contribution < 1.29 is 9.94 Å². The highest BCUT2D eigenvalue weighted by molar-refractivity contribution is 9.10. The number of amidine groups is 1. The SMILES string of the molecule is COCC(C)N(C)c1ccc(/C(N)=N/O)c(Br)c1. The topological polar surface area (TPSA) is 71.1 Å². The Kier molecular flexibility index (Phi) is 5.43. The number of nitrogens with zero attached hydrogens (tertiary/aromatic N) is 2. The molecule has 0 aliphatic rings. The highest BCUT2D eigenvalue weighted by Gasteiger charge is 2.12. The van der Waals surface area contributed by atoms with Crippen LogP contribution in [0.3, 0.4) is 0 Å². The van der Waals surface area contributed by atoms with Crippen molar-refractivity contribution in [3.05, 3.63) is 28.2 Å². The van der Waals surface area contributed by atoms with E-state index in [4.69, 9.17) is 15.7 Å². The number of hydrogen-bond acceptors (Lipinski definition) is 4. The lowest BCUT2D eigenvalue weighted by atomic mass is 10.1. The number of anilines is 1. The Balaban J connectivity index is 2.97. The van der Waals surface area contributed by atoms with Crippen LogP contribution in [0.2, 0.25) is 0 Å². The third-order valence-electron chi connectivity index (χ3n) is 2.81. The summed E-state index contributed by atoms with van der Waals surface area (Å²) in [7, 11) is 3.68. The Morgan fingerprint density at radius 1 is 1.61 bits per heavy atom. The van der Waals surface area contributed by atoms with E-state index in [-0.39, 0.29) is 11.9 Å². The lowest BCUT2D eigenvalue weighted by molar-refractivity contribution is 0.183. The van der Waals surface area contributed by atoms with Crippen molar-refractivity contribution in [1.29, 1.82) is 0 Å². The minimum atomic E-state index is 0.0843. The first kappa shape index (κ1) is 14.8. The number of rotatable bonds is 5.